The second kappa shape index (κ2) is 12.8. The molecule has 0 aromatic heterocycles. The first kappa shape index (κ1) is 15.7. The topological polar surface area (TPSA) is 26.3 Å². The minimum atomic E-state index is -0.178. The normalized spacial score (nSPS) is 11.1. The Morgan fingerprint density at radius 1 is 1.06 bits per heavy atom. The van der Waals surface area contributed by atoms with Crippen molar-refractivity contribution in [1.29, 1.82) is 0 Å². The van der Waals surface area contributed by atoms with Gasteiger partial charge in [0.2, 0.25) is 0 Å². The van der Waals surface area contributed by atoms with Crippen LogP contribution < -0.4 is 0 Å². The minimum Gasteiger partial charge on any atom is -0.466 e. The largest absolute Gasteiger partial charge is 0.466 e. The first-order chi connectivity index (χ1) is 8.27. The molecule has 0 heterocycles. The zero-order chi connectivity index (χ0) is 12.8. The van der Waals surface area contributed by atoms with Gasteiger partial charge in [0.25, 0.3) is 0 Å². The first-order valence-electron chi connectivity index (χ1n) is 6.35. The number of ether oxygens (including phenoxy) is 1. The highest BCUT2D eigenvalue weighted by Gasteiger charge is 1.93. The van der Waals surface area contributed by atoms with Gasteiger partial charge in [-0.2, -0.15) is 0 Å². The van der Waals surface area contributed by atoms with Crippen LogP contribution in [0.15, 0.2) is 37.0 Å². The fraction of sp³-hybridized carbons (Fsp3) is 0.533. The third-order valence-electron chi connectivity index (χ3n) is 2.31. The molecule has 0 aliphatic carbocycles. The van der Waals surface area contributed by atoms with Crippen LogP contribution >= 0.6 is 0 Å². The van der Waals surface area contributed by atoms with E-state index in [1.807, 2.05) is 12.2 Å². The van der Waals surface area contributed by atoms with E-state index in [9.17, 15) is 4.79 Å². The zero-order valence-electron chi connectivity index (χ0n) is 10.9. The molecule has 0 bridgehead atoms. The molecular formula is C15H24O2. The SMILES string of the molecule is C=CC=CC=CCCCCCCCOC(C)=O. The van der Waals surface area contributed by atoms with Crippen molar-refractivity contribution in [3.05, 3.63) is 37.0 Å². The molecule has 17 heavy (non-hydrogen) atoms. The van der Waals surface area contributed by atoms with Crippen LogP contribution in [0.2, 0.25) is 0 Å². The first-order valence-corrected chi connectivity index (χ1v) is 6.35. The van der Waals surface area contributed by atoms with E-state index < -0.39 is 0 Å². The molecule has 0 rings (SSSR count). The molecule has 0 N–H and O–H groups in total. The monoisotopic (exact) mass is 236 g/mol. The van der Waals surface area contributed by atoms with Crippen molar-refractivity contribution in [1.82, 2.24) is 0 Å². The Hall–Kier alpha value is -1.31. The lowest BCUT2D eigenvalue weighted by Gasteiger charge is -2.01. The third-order valence-corrected chi connectivity index (χ3v) is 2.31. The second-order valence-corrected chi connectivity index (χ2v) is 3.95. The van der Waals surface area contributed by atoms with Crippen LogP contribution in [-0.2, 0) is 9.53 Å². The summed E-state index contributed by atoms with van der Waals surface area (Å²) in [6.45, 7) is 5.62. The summed E-state index contributed by atoms with van der Waals surface area (Å²) >= 11 is 0. The molecule has 0 atom stereocenters. The standard InChI is InChI=1S/C15H24O2/c1-3-4-5-6-7-8-9-10-11-12-13-14-17-15(2)16/h3-7H,1,8-14H2,2H3. The van der Waals surface area contributed by atoms with Crippen LogP contribution in [-0.4, -0.2) is 12.6 Å². The fourth-order valence-corrected chi connectivity index (χ4v) is 1.43. The Bertz CT molecular complexity index is 252. The number of carbonyl (C=O) groups is 1. The molecule has 0 aliphatic heterocycles. The highest BCUT2D eigenvalue weighted by molar-refractivity contribution is 5.65. The molecule has 0 saturated carbocycles. The summed E-state index contributed by atoms with van der Waals surface area (Å²) in [5, 5.41) is 0. The summed E-state index contributed by atoms with van der Waals surface area (Å²) in [6.07, 6.45) is 16.9. The van der Waals surface area contributed by atoms with E-state index in [2.05, 4.69) is 18.7 Å². The van der Waals surface area contributed by atoms with E-state index in [1.165, 1.54) is 26.2 Å². The van der Waals surface area contributed by atoms with Gasteiger partial charge < -0.3 is 4.74 Å². The molecule has 0 aliphatic rings. The third kappa shape index (κ3) is 14.7. The van der Waals surface area contributed by atoms with Crippen molar-refractivity contribution in [2.45, 2.75) is 45.4 Å². The van der Waals surface area contributed by atoms with Gasteiger partial charge in [0.15, 0.2) is 0 Å². The lowest BCUT2D eigenvalue weighted by atomic mass is 10.1. The van der Waals surface area contributed by atoms with Gasteiger partial charge in [0.1, 0.15) is 0 Å². The van der Waals surface area contributed by atoms with E-state index in [1.54, 1.807) is 6.08 Å². The molecule has 0 radical (unpaired) electrons. The number of hydrogen-bond donors (Lipinski definition) is 0. The van der Waals surface area contributed by atoms with Crippen LogP contribution in [0.4, 0.5) is 0 Å². The van der Waals surface area contributed by atoms with Crippen molar-refractivity contribution in [2.75, 3.05) is 6.61 Å². The fourth-order valence-electron chi connectivity index (χ4n) is 1.43. The van der Waals surface area contributed by atoms with Gasteiger partial charge in [-0.3, -0.25) is 4.79 Å². The zero-order valence-corrected chi connectivity index (χ0v) is 10.9. The summed E-state index contributed by atoms with van der Waals surface area (Å²) in [6, 6.07) is 0. The molecule has 0 aromatic rings. The smallest absolute Gasteiger partial charge is 0.302 e. The van der Waals surface area contributed by atoms with Crippen LogP contribution in [0, 0.1) is 0 Å². The van der Waals surface area contributed by atoms with E-state index in [0.29, 0.717) is 6.61 Å². The van der Waals surface area contributed by atoms with Gasteiger partial charge in [-0.15, -0.1) is 0 Å². The predicted octanol–water partition coefficient (Wildman–Crippen LogP) is 4.19. The number of esters is 1. The molecule has 0 fully saturated rings. The average molecular weight is 236 g/mol. The summed E-state index contributed by atoms with van der Waals surface area (Å²) in [4.78, 5) is 10.5. The van der Waals surface area contributed by atoms with Crippen molar-refractivity contribution in [3.63, 3.8) is 0 Å². The lowest BCUT2D eigenvalue weighted by Crippen LogP contribution is -1.99. The molecule has 96 valence electrons. The number of hydrogen-bond acceptors (Lipinski definition) is 2. The highest BCUT2D eigenvalue weighted by Crippen LogP contribution is 2.06. The Balaban J connectivity index is 3.13. The molecule has 0 saturated heterocycles. The lowest BCUT2D eigenvalue weighted by molar-refractivity contribution is -0.141. The Morgan fingerprint density at radius 2 is 1.76 bits per heavy atom. The van der Waals surface area contributed by atoms with Crippen molar-refractivity contribution in [2.24, 2.45) is 0 Å². The molecule has 0 spiro atoms. The number of unbranched alkanes of at least 4 members (excludes halogenated alkanes) is 5. The Kier molecular flexibility index (Phi) is 11.8. The van der Waals surface area contributed by atoms with E-state index in [-0.39, 0.29) is 5.97 Å². The van der Waals surface area contributed by atoms with Crippen LogP contribution in [0.3, 0.4) is 0 Å². The molecule has 0 unspecified atom stereocenters. The van der Waals surface area contributed by atoms with E-state index >= 15 is 0 Å². The van der Waals surface area contributed by atoms with Gasteiger partial charge in [0.05, 0.1) is 6.61 Å². The Labute approximate surface area is 105 Å². The molecule has 2 heteroatoms. The van der Waals surface area contributed by atoms with Crippen LogP contribution in [0.5, 0.6) is 0 Å². The summed E-state index contributed by atoms with van der Waals surface area (Å²) in [5.74, 6) is -0.178. The maximum absolute atomic E-state index is 10.5. The highest BCUT2D eigenvalue weighted by atomic mass is 16.5. The summed E-state index contributed by atoms with van der Waals surface area (Å²) in [7, 11) is 0. The second-order valence-electron chi connectivity index (χ2n) is 3.95. The molecule has 0 amide bonds. The summed E-state index contributed by atoms with van der Waals surface area (Å²) < 4.78 is 4.86. The summed E-state index contributed by atoms with van der Waals surface area (Å²) in [5.41, 5.74) is 0. The maximum atomic E-state index is 10.5. The van der Waals surface area contributed by atoms with Gasteiger partial charge in [-0.25, -0.2) is 0 Å². The van der Waals surface area contributed by atoms with Crippen LogP contribution in [0.1, 0.15) is 45.4 Å². The molecular weight excluding hydrogens is 212 g/mol. The maximum Gasteiger partial charge on any atom is 0.302 e. The Morgan fingerprint density at radius 3 is 2.47 bits per heavy atom. The number of rotatable bonds is 10. The van der Waals surface area contributed by atoms with E-state index in [4.69, 9.17) is 4.74 Å². The van der Waals surface area contributed by atoms with Gasteiger partial charge in [-0.05, 0) is 19.3 Å². The average Bonchev–Trinajstić information content (AvgIpc) is 2.30. The number of allylic oxidation sites excluding steroid dienone is 5. The van der Waals surface area contributed by atoms with Crippen molar-refractivity contribution < 1.29 is 9.53 Å². The van der Waals surface area contributed by atoms with Gasteiger partial charge in [0, 0.05) is 6.92 Å². The number of carbonyl (C=O) groups excluding carboxylic acids is 1. The molecule has 2 nitrogen and oxygen atoms in total. The van der Waals surface area contributed by atoms with Crippen LogP contribution in [0.25, 0.3) is 0 Å². The van der Waals surface area contributed by atoms with E-state index in [0.717, 1.165) is 19.3 Å². The van der Waals surface area contributed by atoms with Crippen molar-refractivity contribution >= 4 is 5.97 Å². The van der Waals surface area contributed by atoms with Gasteiger partial charge in [-0.1, -0.05) is 56.2 Å². The van der Waals surface area contributed by atoms with Crippen molar-refractivity contribution in [3.8, 4) is 0 Å². The van der Waals surface area contributed by atoms with Gasteiger partial charge >= 0.3 is 5.97 Å². The minimum absolute atomic E-state index is 0.178. The predicted molar refractivity (Wildman–Crippen MR) is 72.8 cm³/mol. The molecule has 0 aromatic carbocycles. The quantitative estimate of drug-likeness (QED) is 0.323.